The molecular weight excluding hydrogens is 507 g/mol. The van der Waals surface area contributed by atoms with E-state index in [1.165, 1.54) is 14.2 Å². The predicted molar refractivity (Wildman–Crippen MR) is 134 cm³/mol. The van der Waals surface area contributed by atoms with E-state index in [9.17, 15) is 23.1 Å². The number of methoxy groups -OCH3 is 2. The number of aromatic hydroxyl groups is 1. The Kier molecular flexibility index (Phi) is 10.1. The van der Waals surface area contributed by atoms with Gasteiger partial charge in [0.15, 0.2) is 5.82 Å². The predicted octanol–water partition coefficient (Wildman–Crippen LogP) is 3.75. The van der Waals surface area contributed by atoms with Crippen molar-refractivity contribution in [2.75, 3.05) is 39.3 Å². The molecule has 4 N–H and O–H groups in total. The highest BCUT2D eigenvalue weighted by Gasteiger charge is 2.33. The molecule has 1 unspecified atom stereocenters. The van der Waals surface area contributed by atoms with Gasteiger partial charge in [0.05, 0.1) is 32.4 Å². The number of ether oxygens (including phenoxy) is 3. The van der Waals surface area contributed by atoms with Gasteiger partial charge >= 0.3 is 12.3 Å². The molecule has 0 spiro atoms. The van der Waals surface area contributed by atoms with Gasteiger partial charge in [0, 0.05) is 43.5 Å². The molecule has 1 aliphatic heterocycles. The summed E-state index contributed by atoms with van der Waals surface area (Å²) in [4.78, 5) is 11.8. The van der Waals surface area contributed by atoms with E-state index in [-0.39, 0.29) is 42.1 Å². The van der Waals surface area contributed by atoms with Crippen LogP contribution in [0, 0.1) is 6.92 Å². The lowest BCUT2D eigenvalue weighted by Crippen LogP contribution is -2.47. The molecule has 38 heavy (non-hydrogen) atoms. The van der Waals surface area contributed by atoms with Crippen molar-refractivity contribution in [1.82, 2.24) is 20.8 Å². The number of alkyl carbamates (subject to hydrolysis) is 1. The first kappa shape index (κ1) is 29.4. The second-order valence-electron chi connectivity index (χ2n) is 8.99. The van der Waals surface area contributed by atoms with Gasteiger partial charge in [-0.3, -0.25) is 0 Å². The normalized spacial score (nSPS) is 17.8. The summed E-state index contributed by atoms with van der Waals surface area (Å²) in [5, 5.41) is 28.7. The number of carbonyl (C=O) groups excluding carboxylic acids is 1. The highest BCUT2D eigenvalue weighted by Crippen LogP contribution is 2.41. The summed E-state index contributed by atoms with van der Waals surface area (Å²) in [7, 11) is 2.58. The first-order valence-electron chi connectivity index (χ1n) is 12.3. The molecule has 1 aromatic carbocycles. The standard InChI is InChI=1S/C25H34F3N5O5/c1-5-38-13-18-7-6-17(10-29-18)31-23-19(11-30-24(35)37-4)14(2)22(32-33-23)21-15(12-36-3)8-16(9-20(21)34)25(26,27)28/h8-9,17-18,29,34H,5-7,10-13H2,1-4H3,(H,30,35)(H,31,33)/t17-,18?/m1/s1. The average molecular weight is 542 g/mol. The maximum Gasteiger partial charge on any atom is 0.416 e. The lowest BCUT2D eigenvalue weighted by molar-refractivity contribution is -0.137. The van der Waals surface area contributed by atoms with Crippen molar-refractivity contribution in [3.63, 3.8) is 0 Å². The molecule has 1 saturated heterocycles. The second-order valence-corrected chi connectivity index (χ2v) is 8.99. The van der Waals surface area contributed by atoms with Gasteiger partial charge in [-0.1, -0.05) is 0 Å². The van der Waals surface area contributed by atoms with Crippen molar-refractivity contribution in [3.8, 4) is 17.0 Å². The Hall–Kier alpha value is -3.16. The van der Waals surface area contributed by atoms with Crippen molar-refractivity contribution in [1.29, 1.82) is 0 Å². The molecule has 2 aromatic rings. The molecule has 10 nitrogen and oxygen atoms in total. The van der Waals surface area contributed by atoms with Gasteiger partial charge < -0.3 is 35.3 Å². The number of amides is 1. The van der Waals surface area contributed by atoms with Crippen LogP contribution in [0.25, 0.3) is 11.3 Å². The fourth-order valence-corrected chi connectivity index (χ4v) is 4.38. The van der Waals surface area contributed by atoms with Gasteiger partial charge in [0.1, 0.15) is 11.4 Å². The Morgan fingerprint density at radius 1 is 1.24 bits per heavy atom. The molecule has 0 aliphatic carbocycles. The molecule has 3 rings (SSSR count). The lowest BCUT2D eigenvalue weighted by atomic mass is 9.95. The van der Waals surface area contributed by atoms with Crippen LogP contribution in [0.3, 0.4) is 0 Å². The minimum absolute atomic E-state index is 0.0114. The maximum atomic E-state index is 13.4. The number of aromatic nitrogens is 2. The number of benzene rings is 1. The molecule has 13 heteroatoms. The monoisotopic (exact) mass is 541 g/mol. The summed E-state index contributed by atoms with van der Waals surface area (Å²) in [5.41, 5.74) is 0.419. The van der Waals surface area contributed by atoms with Crippen LogP contribution in [0.2, 0.25) is 0 Å². The van der Waals surface area contributed by atoms with E-state index in [4.69, 9.17) is 9.47 Å². The van der Waals surface area contributed by atoms with Gasteiger partial charge in [-0.05, 0) is 49.9 Å². The van der Waals surface area contributed by atoms with E-state index in [1.807, 2.05) is 6.92 Å². The number of rotatable bonds is 10. The number of phenols is 1. The Morgan fingerprint density at radius 3 is 2.61 bits per heavy atom. The number of nitrogens with one attached hydrogen (secondary N) is 3. The van der Waals surface area contributed by atoms with Crippen LogP contribution >= 0.6 is 0 Å². The molecule has 0 saturated carbocycles. The number of alkyl halides is 3. The number of piperidine rings is 1. The zero-order valence-corrected chi connectivity index (χ0v) is 21.9. The number of hydrogen-bond acceptors (Lipinski definition) is 9. The molecule has 2 atom stereocenters. The Morgan fingerprint density at radius 2 is 2.00 bits per heavy atom. The molecule has 0 radical (unpaired) electrons. The largest absolute Gasteiger partial charge is 0.507 e. The topological polar surface area (TPSA) is 127 Å². The molecule has 1 amide bonds. The average Bonchev–Trinajstić information content (AvgIpc) is 2.88. The van der Waals surface area contributed by atoms with Crippen LogP contribution in [-0.4, -0.2) is 67.5 Å². The van der Waals surface area contributed by atoms with Crippen molar-refractivity contribution in [3.05, 3.63) is 34.4 Å². The van der Waals surface area contributed by atoms with E-state index in [2.05, 4.69) is 30.9 Å². The van der Waals surface area contributed by atoms with Crippen molar-refractivity contribution in [2.24, 2.45) is 0 Å². The first-order valence-corrected chi connectivity index (χ1v) is 12.3. The van der Waals surface area contributed by atoms with Gasteiger partial charge in [-0.25, -0.2) is 4.79 Å². The summed E-state index contributed by atoms with van der Waals surface area (Å²) >= 11 is 0. The summed E-state index contributed by atoms with van der Waals surface area (Å²) in [5.74, 6) is -0.189. The van der Waals surface area contributed by atoms with Crippen LogP contribution in [-0.2, 0) is 33.5 Å². The van der Waals surface area contributed by atoms with Crippen LogP contribution in [0.1, 0.15) is 42.0 Å². The highest BCUT2D eigenvalue weighted by molar-refractivity contribution is 5.76. The third-order valence-electron chi connectivity index (χ3n) is 6.38. The minimum Gasteiger partial charge on any atom is -0.507 e. The van der Waals surface area contributed by atoms with E-state index >= 15 is 0 Å². The third-order valence-corrected chi connectivity index (χ3v) is 6.38. The second kappa shape index (κ2) is 13.1. The van der Waals surface area contributed by atoms with Gasteiger partial charge in [-0.2, -0.15) is 13.2 Å². The smallest absolute Gasteiger partial charge is 0.416 e. The number of phenolic OH excluding ortho intramolecular Hbond substituents is 1. The third kappa shape index (κ3) is 7.23. The van der Waals surface area contributed by atoms with E-state index in [1.54, 1.807) is 6.92 Å². The molecule has 0 bridgehead atoms. The molecule has 1 fully saturated rings. The van der Waals surface area contributed by atoms with E-state index in [0.717, 1.165) is 18.9 Å². The number of anilines is 1. The summed E-state index contributed by atoms with van der Waals surface area (Å²) in [6, 6.07) is 1.85. The Bertz CT molecular complexity index is 1110. The molecule has 210 valence electrons. The summed E-state index contributed by atoms with van der Waals surface area (Å²) in [6.45, 7) is 5.40. The molecular formula is C25H34F3N5O5. The molecule has 1 aliphatic rings. The number of halogens is 3. The Balaban J connectivity index is 1.98. The molecule has 2 heterocycles. The summed E-state index contributed by atoms with van der Waals surface area (Å²) < 4.78 is 55.4. The van der Waals surface area contributed by atoms with Crippen LogP contribution in [0.15, 0.2) is 12.1 Å². The number of nitrogens with zero attached hydrogens (tertiary/aromatic N) is 2. The SMILES string of the molecule is CCOCC1CC[C@@H](Nc2nnc(-c3c(O)cc(C(F)(F)F)cc3COC)c(C)c2CNC(=O)OC)CN1. The van der Waals surface area contributed by atoms with Crippen LogP contribution in [0.4, 0.5) is 23.8 Å². The number of hydrogen-bond donors (Lipinski definition) is 4. The zero-order valence-electron chi connectivity index (χ0n) is 21.9. The van der Waals surface area contributed by atoms with Crippen LogP contribution < -0.4 is 16.0 Å². The van der Waals surface area contributed by atoms with Crippen molar-refractivity contribution < 1.29 is 37.3 Å². The van der Waals surface area contributed by atoms with Crippen molar-refractivity contribution in [2.45, 2.75) is 58.1 Å². The van der Waals surface area contributed by atoms with Gasteiger partial charge in [0.25, 0.3) is 0 Å². The lowest BCUT2D eigenvalue weighted by Gasteiger charge is -2.31. The summed E-state index contributed by atoms with van der Waals surface area (Å²) in [6.07, 6.45) is -3.59. The fourth-order valence-electron chi connectivity index (χ4n) is 4.38. The first-order chi connectivity index (χ1) is 18.1. The zero-order chi connectivity index (χ0) is 27.9. The quantitative estimate of drug-likeness (QED) is 0.356. The van der Waals surface area contributed by atoms with Crippen LogP contribution in [0.5, 0.6) is 5.75 Å². The number of carbonyl (C=O) groups is 1. The van der Waals surface area contributed by atoms with E-state index in [0.29, 0.717) is 42.8 Å². The molecule has 1 aromatic heterocycles. The van der Waals surface area contributed by atoms with Gasteiger partial charge in [-0.15, -0.1) is 10.2 Å². The Labute approximate surface area is 219 Å². The maximum absolute atomic E-state index is 13.4. The van der Waals surface area contributed by atoms with Crippen molar-refractivity contribution >= 4 is 11.9 Å². The van der Waals surface area contributed by atoms with Gasteiger partial charge in [0.2, 0.25) is 0 Å². The van der Waals surface area contributed by atoms with E-state index < -0.39 is 23.6 Å². The minimum atomic E-state index is -4.65. The fraction of sp³-hybridized carbons (Fsp3) is 0.560. The highest BCUT2D eigenvalue weighted by atomic mass is 19.4.